The predicted molar refractivity (Wildman–Crippen MR) is 73.7 cm³/mol. The quantitative estimate of drug-likeness (QED) is 0.636. The Morgan fingerprint density at radius 3 is 2.47 bits per heavy atom. The predicted octanol–water partition coefficient (Wildman–Crippen LogP) is 2.56. The van der Waals surface area contributed by atoms with Crippen LogP contribution in [0, 0.1) is 0 Å². The van der Waals surface area contributed by atoms with E-state index in [1.54, 1.807) is 18.3 Å². The van der Waals surface area contributed by atoms with Gasteiger partial charge in [0.15, 0.2) is 11.7 Å². The fourth-order valence-corrected chi connectivity index (χ4v) is 1.42. The van der Waals surface area contributed by atoms with E-state index in [9.17, 15) is 4.39 Å². The number of alkyl halides is 1. The van der Waals surface area contributed by atoms with Crippen molar-refractivity contribution in [1.82, 2.24) is 10.3 Å². The largest absolute Gasteiger partial charge is 0.474 e. The zero-order valence-corrected chi connectivity index (χ0v) is 12.0. The summed E-state index contributed by atoms with van der Waals surface area (Å²) in [5.41, 5.74) is 6.13. The van der Waals surface area contributed by atoms with Crippen LogP contribution in [0.1, 0.15) is 39.0 Å². The number of aromatic nitrogens is 1. The van der Waals surface area contributed by atoms with Crippen LogP contribution in [0.15, 0.2) is 30.8 Å². The number of hydrogen-bond donors (Lipinski definition) is 2. The Kier molecular flexibility index (Phi) is 4.52. The molecule has 0 aliphatic carbocycles. The second-order valence-electron chi connectivity index (χ2n) is 5.62. The third-order valence-electron chi connectivity index (χ3n) is 2.24. The Morgan fingerprint density at radius 1 is 1.42 bits per heavy atom. The van der Waals surface area contributed by atoms with Gasteiger partial charge in [-0.15, -0.1) is 0 Å². The normalized spacial score (nSPS) is 14.6. The van der Waals surface area contributed by atoms with E-state index in [1.165, 1.54) is 6.92 Å². The van der Waals surface area contributed by atoms with E-state index in [4.69, 9.17) is 10.5 Å². The van der Waals surface area contributed by atoms with Crippen molar-refractivity contribution in [3.63, 3.8) is 0 Å². The molecule has 3 N–H and O–H groups in total. The van der Waals surface area contributed by atoms with E-state index >= 15 is 0 Å². The van der Waals surface area contributed by atoms with Crippen LogP contribution in [0.4, 0.5) is 4.39 Å². The molecule has 0 saturated carbocycles. The van der Waals surface area contributed by atoms with Gasteiger partial charge in [0.2, 0.25) is 0 Å². The molecule has 1 aromatic heterocycles. The summed E-state index contributed by atoms with van der Waals surface area (Å²) in [7, 11) is 0. The molecule has 0 aliphatic heterocycles. The van der Waals surface area contributed by atoms with E-state index in [2.05, 4.69) is 16.9 Å². The molecule has 0 spiro atoms. The lowest BCUT2D eigenvalue weighted by Crippen LogP contribution is -2.28. The summed E-state index contributed by atoms with van der Waals surface area (Å²) < 4.78 is 18.9. The number of nitrogens with two attached hydrogens (primary N) is 1. The highest BCUT2D eigenvalue weighted by Gasteiger charge is 2.20. The maximum Gasteiger partial charge on any atom is 0.198 e. The standard InChI is InChI=1S/C14H22FN3O/c1-10(19-13(2,3)4)17-8-11-6-7-12(18-9-11)14(5,15)16/h6-7,9,17H,1,8,16H2,2-5H3. The minimum absolute atomic E-state index is 0.209. The van der Waals surface area contributed by atoms with E-state index < -0.39 is 5.79 Å². The summed E-state index contributed by atoms with van der Waals surface area (Å²) in [4.78, 5) is 3.99. The van der Waals surface area contributed by atoms with Crippen molar-refractivity contribution in [2.24, 2.45) is 5.73 Å². The monoisotopic (exact) mass is 267 g/mol. The van der Waals surface area contributed by atoms with Gasteiger partial charge in [0.25, 0.3) is 0 Å². The van der Waals surface area contributed by atoms with Gasteiger partial charge in [0.1, 0.15) is 5.60 Å². The fraction of sp³-hybridized carbons (Fsp3) is 0.500. The molecule has 0 radical (unpaired) electrons. The van der Waals surface area contributed by atoms with Gasteiger partial charge in [-0.25, -0.2) is 4.39 Å². The summed E-state index contributed by atoms with van der Waals surface area (Å²) in [5, 5.41) is 3.03. The first-order chi connectivity index (χ1) is 8.58. The number of ether oxygens (including phenoxy) is 1. The topological polar surface area (TPSA) is 60.2 Å². The van der Waals surface area contributed by atoms with Crippen molar-refractivity contribution in [1.29, 1.82) is 0 Å². The van der Waals surface area contributed by atoms with Crippen LogP contribution in [0.5, 0.6) is 0 Å². The lowest BCUT2D eigenvalue weighted by atomic mass is 10.1. The Morgan fingerprint density at radius 2 is 2.05 bits per heavy atom. The lowest BCUT2D eigenvalue weighted by molar-refractivity contribution is 0.0410. The van der Waals surface area contributed by atoms with Crippen LogP contribution in [0.3, 0.4) is 0 Å². The average molecular weight is 267 g/mol. The van der Waals surface area contributed by atoms with Gasteiger partial charge in [-0.1, -0.05) is 6.07 Å². The van der Waals surface area contributed by atoms with Crippen molar-refractivity contribution in [3.05, 3.63) is 42.0 Å². The highest BCUT2D eigenvalue weighted by atomic mass is 19.1. The third kappa shape index (κ3) is 5.70. The second-order valence-corrected chi connectivity index (χ2v) is 5.62. The molecular formula is C14H22FN3O. The summed E-state index contributed by atoms with van der Waals surface area (Å²) in [5.74, 6) is -1.42. The van der Waals surface area contributed by atoms with Gasteiger partial charge >= 0.3 is 0 Å². The van der Waals surface area contributed by atoms with Gasteiger partial charge in [-0.05, 0) is 45.9 Å². The van der Waals surface area contributed by atoms with Crippen LogP contribution in [0.2, 0.25) is 0 Å². The number of nitrogens with one attached hydrogen (secondary N) is 1. The van der Waals surface area contributed by atoms with Gasteiger partial charge in [0, 0.05) is 12.7 Å². The van der Waals surface area contributed by atoms with Crippen LogP contribution >= 0.6 is 0 Å². The Hall–Kier alpha value is -1.62. The molecule has 0 aromatic carbocycles. The molecule has 106 valence electrons. The van der Waals surface area contributed by atoms with Crippen molar-refractivity contribution in [2.75, 3.05) is 0 Å². The molecule has 1 aromatic rings. The SMILES string of the molecule is C=C(NCc1ccc(C(C)(N)F)nc1)OC(C)(C)C. The smallest absolute Gasteiger partial charge is 0.198 e. The van der Waals surface area contributed by atoms with Crippen LogP contribution in [-0.4, -0.2) is 10.6 Å². The molecule has 5 heteroatoms. The molecule has 0 amide bonds. The first kappa shape index (κ1) is 15.4. The van der Waals surface area contributed by atoms with Crippen molar-refractivity contribution < 1.29 is 9.13 Å². The van der Waals surface area contributed by atoms with E-state index in [0.717, 1.165) is 5.56 Å². The molecule has 0 saturated heterocycles. The van der Waals surface area contributed by atoms with Gasteiger partial charge in [0.05, 0.1) is 5.69 Å². The molecule has 0 bridgehead atoms. The first-order valence-electron chi connectivity index (χ1n) is 6.13. The van der Waals surface area contributed by atoms with E-state index in [-0.39, 0.29) is 11.3 Å². The van der Waals surface area contributed by atoms with E-state index in [0.29, 0.717) is 12.4 Å². The maximum atomic E-state index is 13.4. The second kappa shape index (κ2) is 5.57. The highest BCUT2D eigenvalue weighted by Crippen LogP contribution is 2.16. The van der Waals surface area contributed by atoms with Gasteiger partial charge in [-0.3, -0.25) is 10.7 Å². The van der Waals surface area contributed by atoms with Gasteiger partial charge < -0.3 is 10.1 Å². The fourth-order valence-electron chi connectivity index (χ4n) is 1.42. The molecule has 4 nitrogen and oxygen atoms in total. The molecular weight excluding hydrogens is 245 g/mol. The zero-order chi connectivity index (χ0) is 14.7. The molecule has 1 unspecified atom stereocenters. The molecule has 1 rings (SSSR count). The molecule has 19 heavy (non-hydrogen) atoms. The van der Waals surface area contributed by atoms with Crippen LogP contribution in [0.25, 0.3) is 0 Å². The zero-order valence-electron chi connectivity index (χ0n) is 12.0. The third-order valence-corrected chi connectivity index (χ3v) is 2.24. The summed E-state index contributed by atoms with van der Waals surface area (Å²) in [6, 6.07) is 3.34. The first-order valence-corrected chi connectivity index (χ1v) is 6.13. The Labute approximate surface area is 113 Å². The minimum Gasteiger partial charge on any atom is -0.474 e. The number of nitrogens with zero attached hydrogens (tertiary/aromatic N) is 1. The summed E-state index contributed by atoms with van der Waals surface area (Å²) >= 11 is 0. The molecule has 0 aliphatic rings. The number of halogens is 1. The van der Waals surface area contributed by atoms with Gasteiger partial charge in [-0.2, -0.15) is 0 Å². The van der Waals surface area contributed by atoms with Crippen molar-refractivity contribution in [3.8, 4) is 0 Å². The van der Waals surface area contributed by atoms with E-state index in [1.807, 2.05) is 20.8 Å². The van der Waals surface area contributed by atoms with Crippen LogP contribution in [-0.2, 0) is 17.1 Å². The summed E-state index contributed by atoms with van der Waals surface area (Å²) in [6.07, 6.45) is 1.58. The molecule has 1 heterocycles. The highest BCUT2D eigenvalue weighted by molar-refractivity contribution is 5.17. The summed E-state index contributed by atoms with van der Waals surface area (Å²) in [6.45, 7) is 11.4. The van der Waals surface area contributed by atoms with Crippen molar-refractivity contribution in [2.45, 2.75) is 45.6 Å². The molecule has 1 atom stereocenters. The Bertz CT molecular complexity index is 429. The Balaban J connectivity index is 2.53. The average Bonchev–Trinajstić information content (AvgIpc) is 2.23. The maximum absolute atomic E-state index is 13.4. The number of rotatable bonds is 5. The lowest BCUT2D eigenvalue weighted by Gasteiger charge is -2.23. The number of pyridine rings is 1. The minimum atomic E-state index is -1.91. The van der Waals surface area contributed by atoms with Crippen molar-refractivity contribution >= 4 is 0 Å². The number of hydrogen-bond acceptors (Lipinski definition) is 4. The molecule has 0 fully saturated rings. The van der Waals surface area contributed by atoms with Crippen LogP contribution < -0.4 is 11.1 Å².